The Balaban J connectivity index is 2.34. The molecule has 76 valence electrons. The van der Waals surface area contributed by atoms with Crippen LogP contribution in [-0.2, 0) is 4.79 Å². The number of aliphatic hydroxyl groups excluding tert-OH is 1. The second-order valence-corrected chi connectivity index (χ2v) is 2.94. The number of hydrogen-bond acceptors (Lipinski definition) is 3. The molecule has 0 aliphatic carbocycles. The molecule has 0 fully saturated rings. The van der Waals surface area contributed by atoms with E-state index in [-0.39, 0.29) is 12.5 Å². The number of aliphatic hydroxyl groups is 1. The Kier molecular flexibility index (Phi) is 3.94. The normalized spacial score (nSPS) is 13.0. The van der Waals surface area contributed by atoms with E-state index in [1.807, 2.05) is 0 Å². The number of furan rings is 1. The second-order valence-electron chi connectivity index (χ2n) is 2.94. The van der Waals surface area contributed by atoms with Crippen LogP contribution in [-0.4, -0.2) is 23.7 Å². The van der Waals surface area contributed by atoms with Crippen LogP contribution >= 0.6 is 0 Å². The number of amides is 1. The van der Waals surface area contributed by atoms with E-state index in [0.717, 1.165) is 0 Å². The topological polar surface area (TPSA) is 62.5 Å². The molecule has 0 aromatic carbocycles. The van der Waals surface area contributed by atoms with Crippen molar-refractivity contribution in [3.63, 3.8) is 0 Å². The van der Waals surface area contributed by atoms with Crippen molar-refractivity contribution in [2.75, 3.05) is 6.54 Å². The maximum atomic E-state index is 11.1. The van der Waals surface area contributed by atoms with Gasteiger partial charge in [-0.05, 0) is 25.1 Å². The molecule has 14 heavy (non-hydrogen) atoms. The van der Waals surface area contributed by atoms with E-state index < -0.39 is 6.10 Å². The zero-order valence-corrected chi connectivity index (χ0v) is 7.93. The quantitative estimate of drug-likeness (QED) is 0.698. The fraction of sp³-hybridized carbons (Fsp3) is 0.300. The summed E-state index contributed by atoms with van der Waals surface area (Å²) in [6.45, 7) is 1.86. The molecule has 2 N–H and O–H groups in total. The third-order valence-electron chi connectivity index (χ3n) is 1.51. The average molecular weight is 195 g/mol. The molecule has 1 atom stereocenters. The highest BCUT2D eigenvalue weighted by atomic mass is 16.3. The molecule has 0 saturated heterocycles. The maximum Gasteiger partial charge on any atom is 0.244 e. The first-order valence-electron chi connectivity index (χ1n) is 4.36. The molecule has 0 aliphatic heterocycles. The molecule has 0 bridgehead atoms. The lowest BCUT2D eigenvalue weighted by atomic mass is 10.3. The summed E-state index contributed by atoms with van der Waals surface area (Å²) in [5.41, 5.74) is 0. The molecule has 1 unspecified atom stereocenters. The molecule has 1 heterocycles. The standard InChI is InChI=1S/C10H13NO3/c1-8(12)7-11-10(13)5-4-9-3-2-6-14-9/h2-6,8,12H,7H2,1H3,(H,11,13)/b5-4+. The van der Waals surface area contributed by atoms with Crippen molar-refractivity contribution in [2.24, 2.45) is 0 Å². The van der Waals surface area contributed by atoms with Crippen molar-refractivity contribution in [3.8, 4) is 0 Å². The van der Waals surface area contributed by atoms with Crippen LogP contribution in [0.3, 0.4) is 0 Å². The van der Waals surface area contributed by atoms with Gasteiger partial charge in [0.15, 0.2) is 0 Å². The van der Waals surface area contributed by atoms with Gasteiger partial charge in [0.25, 0.3) is 0 Å². The monoisotopic (exact) mass is 195 g/mol. The number of carbonyl (C=O) groups excluding carboxylic acids is 1. The molecule has 0 spiro atoms. The molecule has 1 amide bonds. The Morgan fingerprint density at radius 1 is 1.79 bits per heavy atom. The van der Waals surface area contributed by atoms with Gasteiger partial charge >= 0.3 is 0 Å². The van der Waals surface area contributed by atoms with Crippen LogP contribution in [0.15, 0.2) is 28.9 Å². The van der Waals surface area contributed by atoms with Gasteiger partial charge in [-0.25, -0.2) is 0 Å². The van der Waals surface area contributed by atoms with E-state index in [9.17, 15) is 4.79 Å². The summed E-state index contributed by atoms with van der Waals surface area (Å²) >= 11 is 0. The predicted octanol–water partition coefficient (Wildman–Crippen LogP) is 0.790. The lowest BCUT2D eigenvalue weighted by molar-refractivity contribution is -0.116. The van der Waals surface area contributed by atoms with Crippen LogP contribution in [0.1, 0.15) is 12.7 Å². The first kappa shape index (κ1) is 10.5. The number of hydrogen-bond donors (Lipinski definition) is 2. The van der Waals surface area contributed by atoms with Gasteiger partial charge < -0.3 is 14.8 Å². The van der Waals surface area contributed by atoms with Crippen molar-refractivity contribution in [1.82, 2.24) is 5.32 Å². The molecule has 0 aliphatic rings. The zero-order valence-electron chi connectivity index (χ0n) is 7.93. The third kappa shape index (κ3) is 3.91. The van der Waals surface area contributed by atoms with Crippen LogP contribution in [0.25, 0.3) is 6.08 Å². The van der Waals surface area contributed by atoms with Crippen LogP contribution in [0.4, 0.5) is 0 Å². The highest BCUT2D eigenvalue weighted by Gasteiger charge is 1.98. The molecule has 4 heteroatoms. The van der Waals surface area contributed by atoms with Crippen molar-refractivity contribution in [3.05, 3.63) is 30.2 Å². The van der Waals surface area contributed by atoms with Gasteiger partial charge in [-0.2, -0.15) is 0 Å². The minimum Gasteiger partial charge on any atom is -0.465 e. The Morgan fingerprint density at radius 2 is 2.57 bits per heavy atom. The Morgan fingerprint density at radius 3 is 3.14 bits per heavy atom. The molecule has 4 nitrogen and oxygen atoms in total. The summed E-state index contributed by atoms with van der Waals surface area (Å²) in [6.07, 6.45) is 3.93. The van der Waals surface area contributed by atoms with E-state index in [1.165, 1.54) is 12.3 Å². The maximum absolute atomic E-state index is 11.1. The van der Waals surface area contributed by atoms with Gasteiger partial charge in [0, 0.05) is 12.6 Å². The van der Waals surface area contributed by atoms with E-state index in [4.69, 9.17) is 9.52 Å². The summed E-state index contributed by atoms with van der Waals surface area (Å²) in [5.74, 6) is 0.375. The van der Waals surface area contributed by atoms with Crippen LogP contribution in [0.2, 0.25) is 0 Å². The smallest absolute Gasteiger partial charge is 0.244 e. The van der Waals surface area contributed by atoms with Gasteiger partial charge in [0.1, 0.15) is 5.76 Å². The highest BCUT2D eigenvalue weighted by Crippen LogP contribution is 2.01. The SMILES string of the molecule is CC(O)CNC(=O)/C=C/c1ccco1. The van der Waals surface area contributed by atoms with Crippen LogP contribution < -0.4 is 5.32 Å². The fourth-order valence-corrected chi connectivity index (χ4v) is 0.851. The first-order valence-corrected chi connectivity index (χ1v) is 4.36. The Labute approximate surface area is 82.2 Å². The third-order valence-corrected chi connectivity index (χ3v) is 1.51. The lowest BCUT2D eigenvalue weighted by Gasteiger charge is -2.03. The van der Waals surface area contributed by atoms with Crippen LogP contribution in [0.5, 0.6) is 0 Å². The molecular weight excluding hydrogens is 182 g/mol. The minimum absolute atomic E-state index is 0.248. The first-order chi connectivity index (χ1) is 6.68. The highest BCUT2D eigenvalue weighted by molar-refractivity contribution is 5.91. The summed E-state index contributed by atoms with van der Waals surface area (Å²) in [5, 5.41) is 11.4. The van der Waals surface area contributed by atoms with Gasteiger partial charge in [0.2, 0.25) is 5.91 Å². The van der Waals surface area contributed by atoms with E-state index >= 15 is 0 Å². The van der Waals surface area contributed by atoms with E-state index in [0.29, 0.717) is 5.76 Å². The van der Waals surface area contributed by atoms with Crippen molar-refractivity contribution < 1.29 is 14.3 Å². The Hall–Kier alpha value is -1.55. The second kappa shape index (κ2) is 5.24. The lowest BCUT2D eigenvalue weighted by Crippen LogP contribution is -2.28. The average Bonchev–Trinajstić information content (AvgIpc) is 2.63. The molecule has 1 rings (SSSR count). The molecule has 0 saturated carbocycles. The largest absolute Gasteiger partial charge is 0.465 e. The summed E-state index contributed by atoms with van der Waals surface area (Å²) in [7, 11) is 0. The summed E-state index contributed by atoms with van der Waals surface area (Å²) in [4.78, 5) is 11.1. The molecule has 1 aromatic rings. The van der Waals surface area contributed by atoms with Crippen LogP contribution in [0, 0.1) is 0 Å². The number of nitrogens with one attached hydrogen (secondary N) is 1. The number of rotatable bonds is 4. The number of carbonyl (C=O) groups is 1. The van der Waals surface area contributed by atoms with Crippen molar-refractivity contribution >= 4 is 12.0 Å². The van der Waals surface area contributed by atoms with Gasteiger partial charge in [0.05, 0.1) is 12.4 Å². The fourth-order valence-electron chi connectivity index (χ4n) is 0.851. The summed E-state index contributed by atoms with van der Waals surface area (Å²) in [6, 6.07) is 3.49. The van der Waals surface area contributed by atoms with Gasteiger partial charge in [-0.3, -0.25) is 4.79 Å². The van der Waals surface area contributed by atoms with Crippen molar-refractivity contribution in [2.45, 2.75) is 13.0 Å². The van der Waals surface area contributed by atoms with E-state index in [2.05, 4.69) is 5.32 Å². The van der Waals surface area contributed by atoms with Crippen molar-refractivity contribution in [1.29, 1.82) is 0 Å². The molecule has 1 aromatic heterocycles. The molecular formula is C10H13NO3. The minimum atomic E-state index is -0.532. The van der Waals surface area contributed by atoms with E-state index in [1.54, 1.807) is 25.1 Å². The zero-order chi connectivity index (χ0) is 10.4. The summed E-state index contributed by atoms with van der Waals surface area (Å²) < 4.78 is 4.99. The predicted molar refractivity (Wildman–Crippen MR) is 52.4 cm³/mol. The Bertz CT molecular complexity index is 301. The molecule has 0 radical (unpaired) electrons. The van der Waals surface area contributed by atoms with Gasteiger partial charge in [-0.1, -0.05) is 0 Å². The van der Waals surface area contributed by atoms with Gasteiger partial charge in [-0.15, -0.1) is 0 Å².